The van der Waals surface area contributed by atoms with Gasteiger partial charge >= 0.3 is 0 Å². The zero-order chi connectivity index (χ0) is 11.3. The third-order valence-corrected chi connectivity index (χ3v) is 2.98. The van der Waals surface area contributed by atoms with Crippen LogP contribution in [0.3, 0.4) is 0 Å². The smallest absolute Gasteiger partial charge is 0.236 e. The first kappa shape index (κ1) is 12.5. The summed E-state index contributed by atoms with van der Waals surface area (Å²) in [6.45, 7) is 7.89. The molecular weight excluding hydrogens is 192 g/mol. The molecule has 2 atom stereocenters. The highest BCUT2D eigenvalue weighted by molar-refractivity contribution is 5.78. The standard InChI is InChI=1S/C11H22N2O2/c1-4-15-8-10-7-13(6-9(10)2)11(14)5-12-3/h9-10,12H,4-8H2,1-3H3/t9-,10-/m0/s1. The van der Waals surface area contributed by atoms with Crippen LogP contribution in [-0.4, -0.2) is 50.7 Å². The number of ether oxygens (including phenoxy) is 1. The Morgan fingerprint density at radius 3 is 2.87 bits per heavy atom. The first-order chi connectivity index (χ1) is 7.19. The first-order valence-corrected chi connectivity index (χ1v) is 5.69. The number of amides is 1. The highest BCUT2D eigenvalue weighted by atomic mass is 16.5. The molecule has 0 bridgehead atoms. The number of carbonyl (C=O) groups excluding carboxylic acids is 1. The van der Waals surface area contributed by atoms with Gasteiger partial charge in [-0.05, 0) is 19.9 Å². The molecule has 1 rings (SSSR count). The molecule has 0 unspecified atom stereocenters. The number of hydrogen-bond acceptors (Lipinski definition) is 3. The third kappa shape index (κ3) is 3.47. The molecule has 0 aromatic heterocycles. The van der Waals surface area contributed by atoms with Crippen LogP contribution in [0.15, 0.2) is 0 Å². The van der Waals surface area contributed by atoms with Gasteiger partial charge in [-0.2, -0.15) is 0 Å². The Bertz CT molecular complexity index is 209. The fraction of sp³-hybridized carbons (Fsp3) is 0.909. The van der Waals surface area contributed by atoms with Gasteiger partial charge in [0, 0.05) is 25.6 Å². The number of hydrogen-bond donors (Lipinski definition) is 1. The normalized spacial score (nSPS) is 25.9. The summed E-state index contributed by atoms with van der Waals surface area (Å²) >= 11 is 0. The molecule has 0 saturated carbocycles. The Kier molecular flexibility index (Phi) is 5.05. The minimum atomic E-state index is 0.198. The minimum absolute atomic E-state index is 0.198. The Balaban J connectivity index is 2.37. The Labute approximate surface area is 92.0 Å². The van der Waals surface area contributed by atoms with Crippen LogP contribution in [0.5, 0.6) is 0 Å². The molecule has 0 radical (unpaired) electrons. The molecule has 88 valence electrons. The zero-order valence-electron chi connectivity index (χ0n) is 9.95. The summed E-state index contributed by atoms with van der Waals surface area (Å²) in [7, 11) is 1.80. The van der Waals surface area contributed by atoms with Gasteiger partial charge in [0.2, 0.25) is 5.91 Å². The van der Waals surface area contributed by atoms with E-state index >= 15 is 0 Å². The molecule has 0 aromatic rings. The molecule has 0 aromatic carbocycles. The van der Waals surface area contributed by atoms with Crippen molar-refractivity contribution in [2.24, 2.45) is 11.8 Å². The van der Waals surface area contributed by atoms with Crippen LogP contribution in [0.1, 0.15) is 13.8 Å². The monoisotopic (exact) mass is 214 g/mol. The van der Waals surface area contributed by atoms with Crippen molar-refractivity contribution >= 4 is 5.91 Å². The predicted molar refractivity (Wildman–Crippen MR) is 59.7 cm³/mol. The van der Waals surface area contributed by atoms with E-state index in [0.29, 0.717) is 18.4 Å². The summed E-state index contributed by atoms with van der Waals surface area (Å²) in [4.78, 5) is 13.6. The minimum Gasteiger partial charge on any atom is -0.381 e. The maximum Gasteiger partial charge on any atom is 0.236 e. The van der Waals surface area contributed by atoms with E-state index in [-0.39, 0.29) is 5.91 Å². The highest BCUT2D eigenvalue weighted by Crippen LogP contribution is 2.23. The van der Waals surface area contributed by atoms with E-state index in [1.54, 1.807) is 7.05 Å². The fourth-order valence-corrected chi connectivity index (χ4v) is 1.99. The fourth-order valence-electron chi connectivity index (χ4n) is 1.99. The summed E-state index contributed by atoms with van der Waals surface area (Å²) in [6, 6.07) is 0. The van der Waals surface area contributed by atoms with E-state index in [4.69, 9.17) is 4.74 Å². The molecule has 0 spiro atoms. The lowest BCUT2D eigenvalue weighted by atomic mass is 9.99. The van der Waals surface area contributed by atoms with Crippen LogP contribution in [0.2, 0.25) is 0 Å². The zero-order valence-corrected chi connectivity index (χ0v) is 9.95. The van der Waals surface area contributed by atoms with Crippen molar-refractivity contribution in [3.8, 4) is 0 Å². The number of likely N-dealkylation sites (N-methyl/N-ethyl adjacent to an activating group) is 1. The molecule has 1 aliphatic heterocycles. The van der Waals surface area contributed by atoms with Gasteiger partial charge in [-0.15, -0.1) is 0 Å². The molecule has 15 heavy (non-hydrogen) atoms. The number of nitrogens with one attached hydrogen (secondary N) is 1. The Morgan fingerprint density at radius 1 is 1.53 bits per heavy atom. The molecule has 0 aliphatic carbocycles. The quantitative estimate of drug-likeness (QED) is 0.717. The van der Waals surface area contributed by atoms with Crippen molar-refractivity contribution in [2.45, 2.75) is 13.8 Å². The van der Waals surface area contributed by atoms with Crippen LogP contribution >= 0.6 is 0 Å². The number of nitrogens with zero attached hydrogens (tertiary/aromatic N) is 1. The first-order valence-electron chi connectivity index (χ1n) is 5.69. The van der Waals surface area contributed by atoms with Crippen LogP contribution in [0, 0.1) is 11.8 Å². The van der Waals surface area contributed by atoms with Gasteiger partial charge < -0.3 is 15.0 Å². The van der Waals surface area contributed by atoms with Crippen molar-refractivity contribution in [3.05, 3.63) is 0 Å². The summed E-state index contributed by atoms with van der Waals surface area (Å²) in [5, 5.41) is 2.89. The highest BCUT2D eigenvalue weighted by Gasteiger charge is 2.31. The molecule has 1 heterocycles. The summed E-state index contributed by atoms with van der Waals surface area (Å²) < 4.78 is 5.42. The van der Waals surface area contributed by atoms with Gasteiger partial charge in [0.15, 0.2) is 0 Å². The maximum absolute atomic E-state index is 11.6. The summed E-state index contributed by atoms with van der Waals surface area (Å²) in [5.74, 6) is 1.26. The van der Waals surface area contributed by atoms with Crippen molar-refractivity contribution in [1.29, 1.82) is 0 Å². The second-order valence-electron chi connectivity index (χ2n) is 4.23. The lowest BCUT2D eigenvalue weighted by Crippen LogP contribution is -2.35. The average molecular weight is 214 g/mol. The molecule has 4 nitrogen and oxygen atoms in total. The van der Waals surface area contributed by atoms with Crippen LogP contribution < -0.4 is 5.32 Å². The van der Waals surface area contributed by atoms with Crippen molar-refractivity contribution in [3.63, 3.8) is 0 Å². The lowest BCUT2D eigenvalue weighted by molar-refractivity contribution is -0.129. The summed E-state index contributed by atoms with van der Waals surface area (Å²) in [5.41, 5.74) is 0. The van der Waals surface area contributed by atoms with Crippen LogP contribution in [0.4, 0.5) is 0 Å². The topological polar surface area (TPSA) is 41.6 Å². The molecular formula is C11H22N2O2. The third-order valence-electron chi connectivity index (χ3n) is 2.98. The number of carbonyl (C=O) groups is 1. The average Bonchev–Trinajstić information content (AvgIpc) is 2.57. The number of likely N-dealkylation sites (tertiary alicyclic amines) is 1. The van der Waals surface area contributed by atoms with Crippen molar-refractivity contribution in [2.75, 3.05) is 39.9 Å². The van der Waals surface area contributed by atoms with Crippen molar-refractivity contribution in [1.82, 2.24) is 10.2 Å². The molecule has 1 amide bonds. The van der Waals surface area contributed by atoms with Gasteiger partial charge in [0.1, 0.15) is 0 Å². The second kappa shape index (κ2) is 6.08. The largest absolute Gasteiger partial charge is 0.381 e. The van der Waals surface area contributed by atoms with Crippen LogP contribution in [0.25, 0.3) is 0 Å². The van der Waals surface area contributed by atoms with E-state index in [2.05, 4.69) is 12.2 Å². The molecule has 1 fully saturated rings. The van der Waals surface area contributed by atoms with E-state index < -0.39 is 0 Å². The maximum atomic E-state index is 11.6. The molecule has 1 aliphatic rings. The van der Waals surface area contributed by atoms with Gasteiger partial charge in [0.25, 0.3) is 0 Å². The Morgan fingerprint density at radius 2 is 2.27 bits per heavy atom. The second-order valence-corrected chi connectivity index (χ2v) is 4.23. The predicted octanol–water partition coefficient (Wildman–Crippen LogP) is 0.337. The van der Waals surface area contributed by atoms with E-state index in [1.807, 2.05) is 11.8 Å². The SMILES string of the molecule is CCOC[C@@H]1CN(C(=O)CNC)C[C@@H]1C. The molecule has 1 saturated heterocycles. The van der Waals surface area contributed by atoms with Gasteiger partial charge in [-0.1, -0.05) is 6.92 Å². The molecule has 4 heteroatoms. The Hall–Kier alpha value is -0.610. The van der Waals surface area contributed by atoms with Crippen LogP contribution in [-0.2, 0) is 9.53 Å². The van der Waals surface area contributed by atoms with E-state index in [0.717, 1.165) is 26.3 Å². The summed E-state index contributed by atoms with van der Waals surface area (Å²) in [6.07, 6.45) is 0. The van der Waals surface area contributed by atoms with Crippen molar-refractivity contribution < 1.29 is 9.53 Å². The lowest BCUT2D eigenvalue weighted by Gasteiger charge is -2.16. The van der Waals surface area contributed by atoms with Gasteiger partial charge in [-0.3, -0.25) is 4.79 Å². The van der Waals surface area contributed by atoms with Gasteiger partial charge in [-0.25, -0.2) is 0 Å². The van der Waals surface area contributed by atoms with E-state index in [1.165, 1.54) is 0 Å². The number of rotatable bonds is 5. The van der Waals surface area contributed by atoms with Gasteiger partial charge in [0.05, 0.1) is 13.2 Å². The molecule has 1 N–H and O–H groups in total. The van der Waals surface area contributed by atoms with E-state index in [9.17, 15) is 4.79 Å².